The van der Waals surface area contributed by atoms with Crippen molar-refractivity contribution in [3.05, 3.63) is 72.4 Å². The van der Waals surface area contributed by atoms with E-state index in [1.54, 1.807) is 19.1 Å². The molecule has 1 saturated heterocycles. The highest BCUT2D eigenvalue weighted by molar-refractivity contribution is 5.89. The smallest absolute Gasteiger partial charge is 0.303 e. The first-order chi connectivity index (χ1) is 17.0. The number of amides is 1. The topological polar surface area (TPSA) is 95.9 Å². The second-order valence-electron chi connectivity index (χ2n) is 11.3. The first kappa shape index (κ1) is 26.4. The SMILES string of the molecule is C=C1[C@@H](C)[C@H]2[C@H](Cc3ccccc3)NC(=O)[C@]23[C@H](OC(C)=O)C=C[C@@](C)(O)C[C@@H](C)CC=C[C@H]3[C@@H]1O. The molecule has 3 aliphatic rings. The molecule has 36 heavy (non-hydrogen) atoms. The summed E-state index contributed by atoms with van der Waals surface area (Å²) in [6.45, 7) is 11.3. The summed E-state index contributed by atoms with van der Waals surface area (Å²) in [6, 6.07) is 9.73. The molecule has 0 aromatic heterocycles. The molecule has 1 aromatic carbocycles. The maximum absolute atomic E-state index is 14.2. The van der Waals surface area contributed by atoms with E-state index in [1.165, 1.54) is 6.92 Å². The number of hydrogen-bond donors (Lipinski definition) is 3. The molecule has 0 bridgehead atoms. The lowest BCUT2D eigenvalue weighted by Crippen LogP contribution is -2.60. The van der Waals surface area contributed by atoms with E-state index >= 15 is 0 Å². The Bertz CT molecular complexity index is 1060. The van der Waals surface area contributed by atoms with Crippen LogP contribution in [0.3, 0.4) is 0 Å². The summed E-state index contributed by atoms with van der Waals surface area (Å²) in [5.74, 6) is -1.75. The van der Waals surface area contributed by atoms with Gasteiger partial charge in [0, 0.05) is 24.8 Å². The van der Waals surface area contributed by atoms with Gasteiger partial charge in [-0.05, 0) is 55.2 Å². The van der Waals surface area contributed by atoms with E-state index in [0.29, 0.717) is 24.8 Å². The van der Waals surface area contributed by atoms with Crippen LogP contribution < -0.4 is 5.32 Å². The molecule has 1 saturated carbocycles. The number of esters is 1. The Hall–Kier alpha value is -2.70. The van der Waals surface area contributed by atoms with Gasteiger partial charge in [-0.15, -0.1) is 0 Å². The molecule has 9 atom stereocenters. The van der Waals surface area contributed by atoms with E-state index < -0.39 is 35.1 Å². The number of ether oxygens (including phenoxy) is 1. The Morgan fingerprint density at radius 2 is 1.92 bits per heavy atom. The van der Waals surface area contributed by atoms with Crippen LogP contribution in [0, 0.1) is 29.1 Å². The minimum Gasteiger partial charge on any atom is -0.457 e. The van der Waals surface area contributed by atoms with Crippen molar-refractivity contribution in [2.45, 2.75) is 70.8 Å². The molecule has 6 heteroatoms. The van der Waals surface area contributed by atoms with Gasteiger partial charge in [0.05, 0.1) is 11.7 Å². The highest BCUT2D eigenvalue weighted by atomic mass is 16.5. The fourth-order valence-corrected chi connectivity index (χ4v) is 6.90. The number of carbonyl (C=O) groups is 2. The fraction of sp³-hybridized carbons (Fsp3) is 0.533. The van der Waals surface area contributed by atoms with Crippen LogP contribution in [-0.2, 0) is 20.7 Å². The quantitative estimate of drug-likeness (QED) is 0.440. The summed E-state index contributed by atoms with van der Waals surface area (Å²) in [7, 11) is 0. The lowest BCUT2D eigenvalue weighted by molar-refractivity contribution is -0.166. The molecule has 1 aromatic rings. The summed E-state index contributed by atoms with van der Waals surface area (Å²) in [6.07, 6.45) is 7.09. The van der Waals surface area contributed by atoms with Crippen molar-refractivity contribution < 1.29 is 24.5 Å². The van der Waals surface area contributed by atoms with Gasteiger partial charge in [0.15, 0.2) is 0 Å². The van der Waals surface area contributed by atoms with Crippen molar-refractivity contribution in [1.29, 1.82) is 0 Å². The molecular formula is C30H39NO5. The Labute approximate surface area is 214 Å². The fourth-order valence-electron chi connectivity index (χ4n) is 6.90. The molecule has 6 nitrogen and oxygen atoms in total. The summed E-state index contributed by atoms with van der Waals surface area (Å²) in [5.41, 5.74) is -0.635. The highest BCUT2D eigenvalue weighted by Gasteiger charge is 2.68. The highest BCUT2D eigenvalue weighted by Crippen LogP contribution is 2.58. The number of allylic oxidation sites excluding steroid dienone is 1. The number of nitrogens with one attached hydrogen (secondary N) is 1. The standard InChI is InChI=1S/C30H39NO5/c1-18-10-9-13-23-27(33)20(3)19(2)26-24(16-22-11-7-6-8-12-22)31-28(34)30(23,26)25(36-21(4)32)14-15-29(5,35)17-18/h6-9,11-15,18-19,23-27,33,35H,3,10,16-17H2,1-2,4-5H3,(H,31,34)/t18-,19+,23-,24-,25+,26-,27+,29+,30+/m0/s1. The van der Waals surface area contributed by atoms with Crippen LogP contribution in [0.4, 0.5) is 0 Å². The van der Waals surface area contributed by atoms with E-state index in [-0.39, 0.29) is 29.7 Å². The van der Waals surface area contributed by atoms with Gasteiger partial charge in [-0.1, -0.05) is 69.0 Å². The Balaban J connectivity index is 1.92. The van der Waals surface area contributed by atoms with Gasteiger partial charge in [-0.3, -0.25) is 9.59 Å². The first-order valence-electron chi connectivity index (χ1n) is 12.9. The third-order valence-corrected chi connectivity index (χ3v) is 8.43. The van der Waals surface area contributed by atoms with Crippen LogP contribution in [0.5, 0.6) is 0 Å². The zero-order valence-corrected chi connectivity index (χ0v) is 21.7. The van der Waals surface area contributed by atoms with Crippen LogP contribution >= 0.6 is 0 Å². The van der Waals surface area contributed by atoms with E-state index in [9.17, 15) is 19.8 Å². The van der Waals surface area contributed by atoms with Crippen molar-refractivity contribution in [1.82, 2.24) is 5.32 Å². The second kappa shape index (κ2) is 9.98. The Kier molecular flexibility index (Phi) is 7.31. The predicted octanol–water partition coefficient (Wildman–Crippen LogP) is 3.74. The van der Waals surface area contributed by atoms with Crippen molar-refractivity contribution in [2.24, 2.45) is 29.1 Å². The molecule has 3 N–H and O–H groups in total. The third kappa shape index (κ3) is 4.69. The molecule has 1 aliphatic heterocycles. The van der Waals surface area contributed by atoms with Crippen LogP contribution in [0.25, 0.3) is 0 Å². The Morgan fingerprint density at radius 1 is 1.22 bits per heavy atom. The zero-order chi connectivity index (χ0) is 26.3. The van der Waals surface area contributed by atoms with Crippen molar-refractivity contribution in [3.8, 4) is 0 Å². The normalized spacial score (nSPS) is 40.6. The summed E-state index contributed by atoms with van der Waals surface area (Å²) < 4.78 is 5.89. The second-order valence-corrected chi connectivity index (χ2v) is 11.3. The van der Waals surface area contributed by atoms with Crippen LogP contribution in [0.2, 0.25) is 0 Å². The molecule has 0 radical (unpaired) electrons. The average molecular weight is 494 g/mol. The molecule has 2 fully saturated rings. The van der Waals surface area contributed by atoms with Gasteiger partial charge >= 0.3 is 5.97 Å². The maximum Gasteiger partial charge on any atom is 0.303 e. The van der Waals surface area contributed by atoms with Crippen LogP contribution in [0.1, 0.15) is 46.1 Å². The molecular weight excluding hydrogens is 454 g/mol. The monoisotopic (exact) mass is 493 g/mol. The summed E-state index contributed by atoms with van der Waals surface area (Å²) in [5, 5.41) is 25.8. The number of aliphatic hydroxyl groups excluding tert-OH is 1. The van der Waals surface area contributed by atoms with E-state index in [4.69, 9.17) is 4.74 Å². The van der Waals surface area contributed by atoms with Crippen molar-refractivity contribution in [3.63, 3.8) is 0 Å². The minimum atomic E-state index is -1.26. The van der Waals surface area contributed by atoms with Crippen LogP contribution in [0.15, 0.2) is 66.8 Å². The Morgan fingerprint density at radius 3 is 2.58 bits per heavy atom. The maximum atomic E-state index is 14.2. The number of hydrogen-bond acceptors (Lipinski definition) is 5. The van der Waals surface area contributed by atoms with Crippen molar-refractivity contribution in [2.75, 3.05) is 0 Å². The van der Waals surface area contributed by atoms with E-state index in [0.717, 1.165) is 5.56 Å². The molecule has 1 heterocycles. The number of benzene rings is 1. The summed E-state index contributed by atoms with van der Waals surface area (Å²) >= 11 is 0. The first-order valence-corrected chi connectivity index (χ1v) is 12.9. The molecule has 0 unspecified atom stereocenters. The van der Waals surface area contributed by atoms with Gasteiger partial charge in [0.1, 0.15) is 11.5 Å². The zero-order valence-electron chi connectivity index (χ0n) is 21.7. The summed E-state index contributed by atoms with van der Waals surface area (Å²) in [4.78, 5) is 26.5. The van der Waals surface area contributed by atoms with Gasteiger partial charge in [0.2, 0.25) is 5.91 Å². The molecule has 1 amide bonds. The van der Waals surface area contributed by atoms with Crippen LogP contribution in [-0.4, -0.2) is 45.9 Å². The third-order valence-electron chi connectivity index (χ3n) is 8.43. The predicted molar refractivity (Wildman–Crippen MR) is 139 cm³/mol. The lowest BCUT2D eigenvalue weighted by Gasteiger charge is -2.52. The average Bonchev–Trinajstić information content (AvgIpc) is 3.08. The van der Waals surface area contributed by atoms with E-state index in [1.807, 2.05) is 49.4 Å². The number of aliphatic hydroxyl groups is 2. The van der Waals surface area contributed by atoms with Gasteiger partial charge in [-0.2, -0.15) is 0 Å². The van der Waals surface area contributed by atoms with Gasteiger partial charge < -0.3 is 20.3 Å². The van der Waals surface area contributed by atoms with E-state index in [2.05, 4.69) is 18.8 Å². The number of carbonyl (C=O) groups excluding carboxylic acids is 2. The van der Waals surface area contributed by atoms with Crippen molar-refractivity contribution >= 4 is 11.9 Å². The minimum absolute atomic E-state index is 0.170. The molecule has 194 valence electrons. The molecule has 4 rings (SSSR count). The van der Waals surface area contributed by atoms with Gasteiger partial charge in [0.25, 0.3) is 0 Å². The number of rotatable bonds is 3. The molecule has 2 aliphatic carbocycles. The molecule has 1 spiro atoms. The lowest BCUT2D eigenvalue weighted by atomic mass is 9.51. The van der Waals surface area contributed by atoms with Gasteiger partial charge in [-0.25, -0.2) is 0 Å². The largest absolute Gasteiger partial charge is 0.457 e.